The highest BCUT2D eigenvalue weighted by atomic mass is 32.1. The molecular weight excluding hydrogens is 416 g/mol. The van der Waals surface area contributed by atoms with Crippen LogP contribution in [0.4, 0.5) is 22.2 Å². The number of fused-ring (bicyclic) bond motifs is 1. The minimum Gasteiger partial charge on any atom is -0.356 e. The standard InChI is InChI=1S/C26H26N4OS/c1-18-9-14-23-24(16-18)32-26(29-23)30-15-5-6-19(17-30)25(31)28-22-12-10-21(11-13-22)27-20-7-3-2-4-8-20/h2-4,7-14,16,19,27H,5-6,15,17H2,1H3,(H,28,31). The van der Waals surface area contributed by atoms with Gasteiger partial charge in [0.1, 0.15) is 0 Å². The number of piperidine rings is 1. The lowest BCUT2D eigenvalue weighted by Crippen LogP contribution is -2.40. The van der Waals surface area contributed by atoms with Gasteiger partial charge in [-0.2, -0.15) is 0 Å². The maximum Gasteiger partial charge on any atom is 0.229 e. The summed E-state index contributed by atoms with van der Waals surface area (Å²) in [7, 11) is 0. The highest BCUT2D eigenvalue weighted by Gasteiger charge is 2.27. The topological polar surface area (TPSA) is 57.3 Å². The van der Waals surface area contributed by atoms with Gasteiger partial charge in [-0.3, -0.25) is 4.79 Å². The van der Waals surface area contributed by atoms with Gasteiger partial charge in [-0.15, -0.1) is 0 Å². The van der Waals surface area contributed by atoms with E-state index in [1.807, 2.05) is 54.6 Å². The first-order valence-electron chi connectivity index (χ1n) is 11.0. The smallest absolute Gasteiger partial charge is 0.229 e. The Bertz CT molecular complexity index is 1220. The molecule has 4 aromatic rings. The lowest BCUT2D eigenvalue weighted by atomic mass is 9.97. The predicted octanol–water partition coefficient (Wildman–Crippen LogP) is 6.20. The van der Waals surface area contributed by atoms with Crippen molar-refractivity contribution < 1.29 is 4.79 Å². The SMILES string of the molecule is Cc1ccc2nc(N3CCCC(C(=O)Nc4ccc(Nc5ccccc5)cc4)C3)sc2c1. The summed E-state index contributed by atoms with van der Waals surface area (Å²) in [6.07, 6.45) is 1.90. The number of para-hydroxylation sites is 1. The molecule has 0 saturated carbocycles. The molecule has 162 valence electrons. The van der Waals surface area contributed by atoms with Crippen molar-refractivity contribution in [2.75, 3.05) is 28.6 Å². The number of benzene rings is 3. The van der Waals surface area contributed by atoms with E-state index in [2.05, 4.69) is 40.7 Å². The summed E-state index contributed by atoms with van der Waals surface area (Å²) in [5.74, 6) is 0.0371. The minimum absolute atomic E-state index is 0.0420. The number of aromatic nitrogens is 1. The molecule has 6 heteroatoms. The van der Waals surface area contributed by atoms with Crippen LogP contribution in [0.5, 0.6) is 0 Å². The van der Waals surface area contributed by atoms with Crippen molar-refractivity contribution >= 4 is 49.7 Å². The Morgan fingerprint density at radius 1 is 1.00 bits per heavy atom. The van der Waals surface area contributed by atoms with Crippen molar-refractivity contribution in [3.8, 4) is 0 Å². The second kappa shape index (κ2) is 9.01. The van der Waals surface area contributed by atoms with E-state index in [0.29, 0.717) is 6.54 Å². The van der Waals surface area contributed by atoms with E-state index >= 15 is 0 Å². The number of carbonyl (C=O) groups is 1. The molecule has 1 saturated heterocycles. The predicted molar refractivity (Wildman–Crippen MR) is 134 cm³/mol. The lowest BCUT2D eigenvalue weighted by Gasteiger charge is -2.31. The molecule has 0 aliphatic carbocycles. The second-order valence-electron chi connectivity index (χ2n) is 8.31. The molecule has 2 heterocycles. The van der Waals surface area contributed by atoms with E-state index in [1.165, 1.54) is 10.3 Å². The van der Waals surface area contributed by atoms with Crippen LogP contribution in [-0.4, -0.2) is 24.0 Å². The number of nitrogens with one attached hydrogen (secondary N) is 2. The van der Waals surface area contributed by atoms with E-state index in [0.717, 1.165) is 47.1 Å². The maximum absolute atomic E-state index is 13.0. The zero-order chi connectivity index (χ0) is 21.9. The van der Waals surface area contributed by atoms with Crippen molar-refractivity contribution in [3.63, 3.8) is 0 Å². The first-order chi connectivity index (χ1) is 15.6. The van der Waals surface area contributed by atoms with Gasteiger partial charge in [0.25, 0.3) is 0 Å². The molecule has 2 N–H and O–H groups in total. The first kappa shape index (κ1) is 20.5. The molecule has 5 nitrogen and oxygen atoms in total. The molecule has 1 fully saturated rings. The third-order valence-corrected chi connectivity index (χ3v) is 6.89. The fourth-order valence-electron chi connectivity index (χ4n) is 4.09. The van der Waals surface area contributed by atoms with Crippen LogP contribution in [0.1, 0.15) is 18.4 Å². The Morgan fingerprint density at radius 3 is 2.56 bits per heavy atom. The number of rotatable bonds is 5. The van der Waals surface area contributed by atoms with Crippen LogP contribution in [0, 0.1) is 12.8 Å². The largest absolute Gasteiger partial charge is 0.356 e. The Morgan fingerprint density at radius 2 is 1.75 bits per heavy atom. The first-order valence-corrected chi connectivity index (χ1v) is 11.8. The van der Waals surface area contributed by atoms with Gasteiger partial charge < -0.3 is 15.5 Å². The quantitative estimate of drug-likeness (QED) is 0.386. The third-order valence-electron chi connectivity index (χ3n) is 5.81. The van der Waals surface area contributed by atoms with Crippen LogP contribution in [0.15, 0.2) is 72.8 Å². The Hall–Kier alpha value is -3.38. The fraction of sp³-hybridized carbons (Fsp3) is 0.231. The Labute approximate surface area is 192 Å². The molecule has 1 amide bonds. The van der Waals surface area contributed by atoms with Crippen LogP contribution in [0.3, 0.4) is 0 Å². The average molecular weight is 443 g/mol. The highest BCUT2D eigenvalue weighted by molar-refractivity contribution is 7.22. The summed E-state index contributed by atoms with van der Waals surface area (Å²) in [4.78, 5) is 20.0. The number of amides is 1. The molecular formula is C26H26N4OS. The summed E-state index contributed by atoms with van der Waals surface area (Å²) in [6.45, 7) is 3.76. The molecule has 5 rings (SSSR count). The van der Waals surface area contributed by atoms with Crippen LogP contribution < -0.4 is 15.5 Å². The average Bonchev–Trinajstić information content (AvgIpc) is 3.24. The Kier molecular flexibility index (Phi) is 5.77. The summed E-state index contributed by atoms with van der Waals surface area (Å²) in [6, 6.07) is 24.3. The minimum atomic E-state index is -0.0420. The zero-order valence-corrected chi connectivity index (χ0v) is 18.9. The van der Waals surface area contributed by atoms with Gasteiger partial charge in [-0.1, -0.05) is 35.6 Å². The van der Waals surface area contributed by atoms with Crippen LogP contribution >= 0.6 is 11.3 Å². The number of hydrogen-bond donors (Lipinski definition) is 2. The number of aryl methyl sites for hydroxylation is 1. The van der Waals surface area contributed by atoms with Crippen LogP contribution in [0.25, 0.3) is 10.2 Å². The molecule has 0 bridgehead atoms. The van der Waals surface area contributed by atoms with Gasteiger partial charge in [0.15, 0.2) is 5.13 Å². The van der Waals surface area contributed by atoms with Crippen molar-refractivity contribution in [3.05, 3.63) is 78.4 Å². The molecule has 1 unspecified atom stereocenters. The monoisotopic (exact) mass is 442 g/mol. The van der Waals surface area contributed by atoms with Crippen molar-refractivity contribution in [1.29, 1.82) is 0 Å². The van der Waals surface area contributed by atoms with Crippen LogP contribution in [-0.2, 0) is 4.79 Å². The molecule has 0 spiro atoms. The van der Waals surface area contributed by atoms with Crippen LogP contribution in [0.2, 0.25) is 0 Å². The van der Waals surface area contributed by atoms with Crippen molar-refractivity contribution in [1.82, 2.24) is 4.98 Å². The summed E-state index contributed by atoms with van der Waals surface area (Å²) < 4.78 is 1.20. The highest BCUT2D eigenvalue weighted by Crippen LogP contribution is 2.32. The zero-order valence-electron chi connectivity index (χ0n) is 18.0. The van der Waals surface area contributed by atoms with Gasteiger partial charge in [-0.25, -0.2) is 4.98 Å². The number of thiazole rings is 1. The van der Waals surface area contributed by atoms with E-state index in [-0.39, 0.29) is 11.8 Å². The summed E-state index contributed by atoms with van der Waals surface area (Å²) >= 11 is 1.71. The van der Waals surface area contributed by atoms with Gasteiger partial charge in [0.2, 0.25) is 5.91 Å². The van der Waals surface area contributed by atoms with Gasteiger partial charge in [0.05, 0.1) is 16.1 Å². The molecule has 32 heavy (non-hydrogen) atoms. The van der Waals surface area contributed by atoms with Crippen molar-refractivity contribution in [2.45, 2.75) is 19.8 Å². The van der Waals surface area contributed by atoms with Crippen molar-refractivity contribution in [2.24, 2.45) is 5.92 Å². The normalized spacial score (nSPS) is 16.2. The molecule has 0 radical (unpaired) electrons. The van der Waals surface area contributed by atoms with Gasteiger partial charge >= 0.3 is 0 Å². The Balaban J connectivity index is 1.22. The number of nitrogens with zero attached hydrogens (tertiary/aromatic N) is 2. The molecule has 1 aromatic heterocycles. The molecule has 1 aliphatic heterocycles. The van der Waals surface area contributed by atoms with E-state index in [1.54, 1.807) is 11.3 Å². The molecule has 1 aliphatic rings. The maximum atomic E-state index is 13.0. The fourth-order valence-corrected chi connectivity index (χ4v) is 5.19. The van der Waals surface area contributed by atoms with E-state index in [4.69, 9.17) is 4.98 Å². The summed E-state index contributed by atoms with van der Waals surface area (Å²) in [5, 5.41) is 7.47. The number of anilines is 4. The molecule has 3 aromatic carbocycles. The lowest BCUT2D eigenvalue weighted by molar-refractivity contribution is -0.120. The number of hydrogen-bond acceptors (Lipinski definition) is 5. The second-order valence-corrected chi connectivity index (χ2v) is 9.32. The third kappa shape index (κ3) is 4.60. The van der Waals surface area contributed by atoms with Gasteiger partial charge in [0, 0.05) is 30.2 Å². The molecule has 1 atom stereocenters. The van der Waals surface area contributed by atoms with Gasteiger partial charge in [-0.05, 0) is 73.9 Å². The van der Waals surface area contributed by atoms with E-state index in [9.17, 15) is 4.79 Å². The van der Waals surface area contributed by atoms with E-state index < -0.39 is 0 Å². The summed E-state index contributed by atoms with van der Waals surface area (Å²) in [5.41, 5.74) is 5.13. The number of carbonyl (C=O) groups excluding carboxylic acids is 1.